The Morgan fingerprint density at radius 3 is 2.89 bits per heavy atom. The number of primary amides is 1. The molecule has 0 radical (unpaired) electrons. The van der Waals surface area contributed by atoms with Crippen LogP contribution in [0, 0.1) is 0 Å². The van der Waals surface area contributed by atoms with Gasteiger partial charge in [-0.3, -0.25) is 4.79 Å². The highest BCUT2D eigenvalue weighted by molar-refractivity contribution is 9.09. The topological polar surface area (TPSA) is 93.9 Å². The lowest BCUT2D eigenvalue weighted by Crippen LogP contribution is -2.13. The summed E-state index contributed by atoms with van der Waals surface area (Å²) in [7, 11) is 0. The second-order valence-corrected chi connectivity index (χ2v) is 4.21. The van der Waals surface area contributed by atoms with Gasteiger partial charge >= 0.3 is 0 Å². The van der Waals surface area contributed by atoms with Crippen LogP contribution in [0.4, 0.5) is 0 Å². The van der Waals surface area contributed by atoms with Gasteiger partial charge in [-0.1, -0.05) is 28.1 Å². The minimum Gasteiger partial charge on any atom is -0.492 e. The number of nitrogens with one attached hydrogen (secondary N) is 1. The van der Waals surface area contributed by atoms with E-state index in [9.17, 15) is 4.79 Å². The van der Waals surface area contributed by atoms with Crippen molar-refractivity contribution in [1.82, 2.24) is 15.4 Å². The van der Waals surface area contributed by atoms with Gasteiger partial charge in [0.25, 0.3) is 5.91 Å². The fraction of sp³-hybridized carbons (Fsp3) is 0.182. The smallest absolute Gasteiger partial charge is 0.271 e. The first-order valence-electron chi connectivity index (χ1n) is 5.22. The molecule has 94 valence electrons. The molecule has 3 N–H and O–H groups in total. The van der Waals surface area contributed by atoms with Gasteiger partial charge in [0, 0.05) is 10.9 Å². The van der Waals surface area contributed by atoms with Crippen LogP contribution in [0.3, 0.4) is 0 Å². The molecule has 2 rings (SSSR count). The summed E-state index contributed by atoms with van der Waals surface area (Å²) in [5.41, 5.74) is 6.42. The average molecular weight is 311 g/mol. The molecule has 0 unspecified atom stereocenters. The van der Waals surface area contributed by atoms with Crippen LogP contribution in [0.1, 0.15) is 10.5 Å². The molecule has 1 heterocycles. The van der Waals surface area contributed by atoms with Gasteiger partial charge in [0.05, 0.1) is 6.61 Å². The Balaban J connectivity index is 2.43. The van der Waals surface area contributed by atoms with Crippen molar-refractivity contribution in [2.75, 3.05) is 11.9 Å². The van der Waals surface area contributed by atoms with E-state index in [1.54, 1.807) is 12.1 Å². The molecule has 1 aromatic carbocycles. The van der Waals surface area contributed by atoms with Crippen molar-refractivity contribution in [3.05, 3.63) is 30.0 Å². The van der Waals surface area contributed by atoms with Gasteiger partial charge in [-0.15, -0.1) is 0 Å². The number of ether oxygens (including phenoxy) is 1. The number of nitrogens with two attached hydrogens (primary N) is 1. The lowest BCUT2D eigenvalue weighted by atomic mass is 10.1. The number of aromatic nitrogens is 3. The average Bonchev–Trinajstić information content (AvgIpc) is 2.86. The second kappa shape index (κ2) is 5.63. The van der Waals surface area contributed by atoms with Crippen LogP contribution in [0.15, 0.2) is 24.3 Å². The van der Waals surface area contributed by atoms with Crippen molar-refractivity contribution in [1.29, 1.82) is 0 Å². The summed E-state index contributed by atoms with van der Waals surface area (Å²) in [4.78, 5) is 11.2. The number of hydrogen-bond donors (Lipinski definition) is 2. The zero-order chi connectivity index (χ0) is 13.0. The number of carbonyl (C=O) groups excluding carboxylic acids is 1. The summed E-state index contributed by atoms with van der Waals surface area (Å²) in [5.74, 6) is 0.00222. The summed E-state index contributed by atoms with van der Waals surface area (Å²) >= 11 is 3.28. The molecule has 0 saturated heterocycles. The predicted octanol–water partition coefficient (Wildman–Crippen LogP) is 1.34. The normalized spacial score (nSPS) is 10.3. The predicted molar refractivity (Wildman–Crippen MR) is 69.6 cm³/mol. The molecule has 0 aliphatic carbocycles. The van der Waals surface area contributed by atoms with Crippen molar-refractivity contribution in [3.8, 4) is 17.0 Å². The number of halogens is 1. The molecule has 2 aromatic rings. The van der Waals surface area contributed by atoms with Crippen LogP contribution in [0.25, 0.3) is 11.3 Å². The summed E-state index contributed by atoms with van der Waals surface area (Å²) in [6.07, 6.45) is 0. The Hall–Kier alpha value is -1.89. The Kier molecular flexibility index (Phi) is 3.93. The minimum absolute atomic E-state index is 0.102. The minimum atomic E-state index is -0.631. The number of H-pyrrole nitrogens is 1. The van der Waals surface area contributed by atoms with Gasteiger partial charge in [-0.05, 0) is 12.1 Å². The molecule has 18 heavy (non-hydrogen) atoms. The Morgan fingerprint density at radius 2 is 2.17 bits per heavy atom. The standard InChI is InChI=1S/C11H11BrN4O2/c12-5-6-18-8-4-2-1-3-7(8)9-10(11(13)17)15-16-14-9/h1-4H,5-6H2,(H2,13,17)(H,14,15,16). The first kappa shape index (κ1) is 12.6. The summed E-state index contributed by atoms with van der Waals surface area (Å²) in [6, 6.07) is 7.28. The lowest BCUT2D eigenvalue weighted by molar-refractivity contribution is 0.0996. The van der Waals surface area contributed by atoms with Crippen molar-refractivity contribution >= 4 is 21.8 Å². The number of amides is 1. The van der Waals surface area contributed by atoms with E-state index < -0.39 is 5.91 Å². The van der Waals surface area contributed by atoms with E-state index in [0.717, 1.165) is 0 Å². The van der Waals surface area contributed by atoms with Gasteiger partial charge in [0.1, 0.15) is 11.4 Å². The zero-order valence-corrected chi connectivity index (χ0v) is 11.0. The third-order valence-corrected chi connectivity index (χ3v) is 2.58. The van der Waals surface area contributed by atoms with Gasteiger partial charge < -0.3 is 10.5 Å². The molecule has 0 spiro atoms. The van der Waals surface area contributed by atoms with Crippen LogP contribution in [-0.2, 0) is 0 Å². The van der Waals surface area contributed by atoms with E-state index in [1.165, 1.54) is 0 Å². The molecular weight excluding hydrogens is 300 g/mol. The molecule has 0 atom stereocenters. The monoisotopic (exact) mass is 310 g/mol. The Bertz CT molecular complexity index is 555. The molecule has 1 aromatic heterocycles. The maximum Gasteiger partial charge on any atom is 0.271 e. The maximum absolute atomic E-state index is 11.2. The highest BCUT2D eigenvalue weighted by Crippen LogP contribution is 2.29. The van der Waals surface area contributed by atoms with Gasteiger partial charge in [-0.25, -0.2) is 0 Å². The van der Waals surface area contributed by atoms with Crippen LogP contribution in [0.2, 0.25) is 0 Å². The van der Waals surface area contributed by atoms with E-state index in [-0.39, 0.29) is 5.69 Å². The molecule has 0 saturated carbocycles. The summed E-state index contributed by atoms with van der Waals surface area (Å²) in [5, 5.41) is 10.8. The molecule has 1 amide bonds. The number of nitrogens with zero attached hydrogens (tertiary/aromatic N) is 2. The maximum atomic E-state index is 11.2. The molecule has 0 aliphatic heterocycles. The number of benzene rings is 1. The van der Waals surface area contributed by atoms with Crippen LogP contribution in [0.5, 0.6) is 5.75 Å². The van der Waals surface area contributed by atoms with Crippen LogP contribution < -0.4 is 10.5 Å². The molecule has 0 bridgehead atoms. The number of carbonyl (C=O) groups is 1. The van der Waals surface area contributed by atoms with E-state index >= 15 is 0 Å². The summed E-state index contributed by atoms with van der Waals surface area (Å²) in [6.45, 7) is 0.515. The van der Waals surface area contributed by atoms with E-state index in [2.05, 4.69) is 31.3 Å². The van der Waals surface area contributed by atoms with Crippen molar-refractivity contribution in [2.24, 2.45) is 5.73 Å². The zero-order valence-electron chi connectivity index (χ0n) is 9.39. The number of hydrogen-bond acceptors (Lipinski definition) is 4. The van der Waals surface area contributed by atoms with Gasteiger partial charge in [0.15, 0.2) is 5.69 Å². The van der Waals surface area contributed by atoms with Crippen molar-refractivity contribution in [3.63, 3.8) is 0 Å². The molecule has 0 aliphatic rings. The molecule has 7 heteroatoms. The highest BCUT2D eigenvalue weighted by atomic mass is 79.9. The molecular formula is C11H11BrN4O2. The first-order valence-corrected chi connectivity index (χ1v) is 6.35. The summed E-state index contributed by atoms with van der Waals surface area (Å²) < 4.78 is 5.56. The number of para-hydroxylation sites is 1. The highest BCUT2D eigenvalue weighted by Gasteiger charge is 2.18. The van der Waals surface area contributed by atoms with Crippen LogP contribution >= 0.6 is 15.9 Å². The van der Waals surface area contributed by atoms with E-state index in [0.29, 0.717) is 28.9 Å². The third kappa shape index (κ3) is 2.51. The lowest BCUT2D eigenvalue weighted by Gasteiger charge is -2.08. The fourth-order valence-corrected chi connectivity index (χ4v) is 1.69. The molecule has 6 nitrogen and oxygen atoms in total. The van der Waals surface area contributed by atoms with E-state index in [4.69, 9.17) is 10.5 Å². The Labute approximate surface area is 112 Å². The van der Waals surface area contributed by atoms with Crippen molar-refractivity contribution in [2.45, 2.75) is 0 Å². The first-order chi connectivity index (χ1) is 8.74. The number of aromatic amines is 1. The third-order valence-electron chi connectivity index (χ3n) is 2.26. The van der Waals surface area contributed by atoms with Gasteiger partial charge in [0.2, 0.25) is 0 Å². The number of alkyl halides is 1. The van der Waals surface area contributed by atoms with Crippen LogP contribution in [-0.4, -0.2) is 33.3 Å². The number of rotatable bonds is 5. The van der Waals surface area contributed by atoms with Gasteiger partial charge in [-0.2, -0.15) is 15.4 Å². The largest absolute Gasteiger partial charge is 0.492 e. The Morgan fingerprint density at radius 1 is 1.39 bits per heavy atom. The second-order valence-electron chi connectivity index (χ2n) is 3.42. The quantitative estimate of drug-likeness (QED) is 0.815. The molecule has 0 fully saturated rings. The fourth-order valence-electron chi connectivity index (χ4n) is 1.53. The van der Waals surface area contributed by atoms with E-state index in [1.807, 2.05) is 12.1 Å². The SMILES string of the molecule is NC(=O)c1n[nH]nc1-c1ccccc1OCCBr. The van der Waals surface area contributed by atoms with Crippen molar-refractivity contribution < 1.29 is 9.53 Å².